The van der Waals surface area contributed by atoms with Crippen LogP contribution in [0.15, 0.2) is 54.3 Å². The standard InChI is InChI=1S/C14H13N3O2/c15-13-6-7-16-14(17-13)12-9-18-8-11(19-12)10-4-2-1-3-5-10/h1-2,4,6-9H,3,5H2,(H2,15,16,17). The maximum Gasteiger partial charge on any atom is 0.207 e. The van der Waals surface area contributed by atoms with E-state index in [4.69, 9.17) is 15.2 Å². The van der Waals surface area contributed by atoms with E-state index >= 15 is 0 Å². The van der Waals surface area contributed by atoms with Gasteiger partial charge in [0.2, 0.25) is 11.6 Å². The smallest absolute Gasteiger partial charge is 0.207 e. The minimum atomic E-state index is 0.394. The van der Waals surface area contributed by atoms with E-state index in [9.17, 15) is 0 Å². The number of ether oxygens (including phenoxy) is 2. The van der Waals surface area contributed by atoms with Gasteiger partial charge >= 0.3 is 0 Å². The molecule has 0 bridgehead atoms. The van der Waals surface area contributed by atoms with Crippen LogP contribution in [-0.2, 0) is 9.47 Å². The first-order valence-electron chi connectivity index (χ1n) is 6.01. The van der Waals surface area contributed by atoms with Crippen LogP contribution in [0.1, 0.15) is 18.7 Å². The summed E-state index contributed by atoms with van der Waals surface area (Å²) in [5, 5.41) is 0. The van der Waals surface area contributed by atoms with Crippen molar-refractivity contribution in [2.24, 2.45) is 0 Å². The molecular weight excluding hydrogens is 242 g/mol. The van der Waals surface area contributed by atoms with Crippen LogP contribution in [0, 0.1) is 0 Å². The van der Waals surface area contributed by atoms with Crippen molar-refractivity contribution < 1.29 is 9.47 Å². The molecule has 0 saturated carbocycles. The molecule has 2 heterocycles. The Labute approximate surface area is 110 Å². The zero-order chi connectivity index (χ0) is 13.1. The van der Waals surface area contributed by atoms with Crippen molar-refractivity contribution in [1.29, 1.82) is 0 Å². The van der Waals surface area contributed by atoms with Crippen molar-refractivity contribution in [3.8, 4) is 0 Å². The van der Waals surface area contributed by atoms with Gasteiger partial charge in [-0.3, -0.25) is 0 Å². The third-order valence-corrected chi connectivity index (χ3v) is 2.80. The van der Waals surface area contributed by atoms with Crippen molar-refractivity contribution in [2.45, 2.75) is 12.8 Å². The Kier molecular flexibility index (Phi) is 3.02. The van der Waals surface area contributed by atoms with Gasteiger partial charge in [-0.1, -0.05) is 18.2 Å². The predicted molar refractivity (Wildman–Crippen MR) is 71.1 cm³/mol. The zero-order valence-corrected chi connectivity index (χ0v) is 10.2. The minimum absolute atomic E-state index is 0.394. The summed E-state index contributed by atoms with van der Waals surface area (Å²) < 4.78 is 11.1. The Morgan fingerprint density at radius 1 is 1.21 bits per heavy atom. The van der Waals surface area contributed by atoms with Crippen molar-refractivity contribution in [2.75, 3.05) is 5.73 Å². The van der Waals surface area contributed by atoms with E-state index in [1.165, 1.54) is 6.26 Å². The molecule has 0 fully saturated rings. The number of allylic oxidation sites excluding steroid dienone is 4. The summed E-state index contributed by atoms with van der Waals surface area (Å²) in [4.78, 5) is 8.23. The molecule has 5 nitrogen and oxygen atoms in total. The third kappa shape index (κ3) is 2.49. The monoisotopic (exact) mass is 255 g/mol. The number of hydrogen-bond donors (Lipinski definition) is 1. The molecule has 5 heteroatoms. The van der Waals surface area contributed by atoms with E-state index in [1.807, 2.05) is 12.2 Å². The number of rotatable bonds is 2. The number of hydrogen-bond acceptors (Lipinski definition) is 5. The van der Waals surface area contributed by atoms with Crippen molar-refractivity contribution in [3.05, 3.63) is 60.2 Å². The summed E-state index contributed by atoms with van der Waals surface area (Å²) in [5.74, 6) is 1.95. The molecule has 0 atom stereocenters. The fraction of sp³-hybridized carbons (Fsp3) is 0.143. The van der Waals surface area contributed by atoms with E-state index in [2.05, 4.69) is 16.0 Å². The molecule has 3 rings (SSSR count). The first-order chi connectivity index (χ1) is 9.33. The van der Waals surface area contributed by atoms with Gasteiger partial charge in [-0.2, -0.15) is 0 Å². The lowest BCUT2D eigenvalue weighted by molar-refractivity contribution is 0.283. The Bertz CT molecular complexity index is 615. The molecule has 1 aromatic heterocycles. The highest BCUT2D eigenvalue weighted by Gasteiger charge is 2.18. The molecule has 0 unspecified atom stereocenters. The Hall–Kier alpha value is -2.56. The molecule has 0 amide bonds. The van der Waals surface area contributed by atoms with E-state index < -0.39 is 0 Å². The van der Waals surface area contributed by atoms with Gasteiger partial charge in [0, 0.05) is 6.20 Å². The van der Waals surface area contributed by atoms with Crippen LogP contribution in [0.3, 0.4) is 0 Å². The number of nitrogens with zero attached hydrogens (tertiary/aromatic N) is 2. The lowest BCUT2D eigenvalue weighted by Gasteiger charge is -2.18. The number of nitrogen functional groups attached to an aromatic ring is 1. The summed E-state index contributed by atoms with van der Waals surface area (Å²) in [6.07, 6.45) is 12.7. The van der Waals surface area contributed by atoms with Gasteiger partial charge in [-0.25, -0.2) is 9.97 Å². The van der Waals surface area contributed by atoms with Crippen LogP contribution in [0.5, 0.6) is 0 Å². The van der Waals surface area contributed by atoms with Crippen LogP contribution in [-0.4, -0.2) is 9.97 Å². The maximum absolute atomic E-state index is 5.78. The molecule has 1 aromatic rings. The average molecular weight is 255 g/mol. The van der Waals surface area contributed by atoms with Gasteiger partial charge in [0.15, 0.2) is 5.76 Å². The van der Waals surface area contributed by atoms with E-state index in [1.54, 1.807) is 18.5 Å². The average Bonchev–Trinajstić information content (AvgIpc) is 2.48. The van der Waals surface area contributed by atoms with Crippen LogP contribution in [0.2, 0.25) is 0 Å². The summed E-state index contributed by atoms with van der Waals surface area (Å²) in [6.45, 7) is 0. The fourth-order valence-electron chi connectivity index (χ4n) is 1.86. The van der Waals surface area contributed by atoms with Crippen LogP contribution >= 0.6 is 0 Å². The highest BCUT2D eigenvalue weighted by atomic mass is 16.5. The lowest BCUT2D eigenvalue weighted by atomic mass is 10.0. The lowest BCUT2D eigenvalue weighted by Crippen LogP contribution is -2.06. The van der Waals surface area contributed by atoms with Gasteiger partial charge in [-0.15, -0.1) is 0 Å². The molecule has 0 radical (unpaired) electrons. The molecule has 2 aliphatic rings. The van der Waals surface area contributed by atoms with Crippen LogP contribution in [0.4, 0.5) is 5.82 Å². The second-order valence-corrected chi connectivity index (χ2v) is 4.17. The summed E-state index contributed by atoms with van der Waals surface area (Å²) >= 11 is 0. The van der Waals surface area contributed by atoms with Gasteiger partial charge in [0.05, 0.1) is 0 Å². The molecule has 1 aliphatic carbocycles. The van der Waals surface area contributed by atoms with Gasteiger partial charge in [0.1, 0.15) is 18.3 Å². The van der Waals surface area contributed by atoms with Gasteiger partial charge in [0.25, 0.3) is 0 Å². The zero-order valence-electron chi connectivity index (χ0n) is 10.2. The normalized spacial score (nSPS) is 17.8. The highest BCUT2D eigenvalue weighted by molar-refractivity contribution is 5.56. The largest absolute Gasteiger partial charge is 0.465 e. The third-order valence-electron chi connectivity index (χ3n) is 2.80. The summed E-state index contributed by atoms with van der Waals surface area (Å²) in [7, 11) is 0. The van der Waals surface area contributed by atoms with E-state index in [-0.39, 0.29) is 0 Å². The molecular formula is C14H13N3O2. The number of nitrogens with two attached hydrogens (primary N) is 1. The van der Waals surface area contributed by atoms with Crippen LogP contribution < -0.4 is 5.73 Å². The first kappa shape index (κ1) is 11.5. The Morgan fingerprint density at radius 2 is 2.11 bits per heavy atom. The van der Waals surface area contributed by atoms with E-state index in [0.717, 1.165) is 18.4 Å². The highest BCUT2D eigenvalue weighted by Crippen LogP contribution is 2.28. The number of aromatic nitrogens is 2. The molecule has 19 heavy (non-hydrogen) atoms. The topological polar surface area (TPSA) is 70.3 Å². The molecule has 0 spiro atoms. The van der Waals surface area contributed by atoms with Crippen molar-refractivity contribution in [1.82, 2.24) is 9.97 Å². The molecule has 0 aromatic carbocycles. The van der Waals surface area contributed by atoms with Crippen molar-refractivity contribution in [3.63, 3.8) is 0 Å². The predicted octanol–water partition coefficient (Wildman–Crippen LogP) is 2.52. The molecule has 96 valence electrons. The van der Waals surface area contributed by atoms with Gasteiger partial charge in [-0.05, 0) is 24.5 Å². The SMILES string of the molecule is Nc1ccnc(C2=COC=C(C3=CC=CCC3)O2)n1. The summed E-state index contributed by atoms with van der Waals surface area (Å²) in [6, 6.07) is 1.62. The Balaban J connectivity index is 1.82. The molecule has 0 saturated heterocycles. The Morgan fingerprint density at radius 3 is 2.89 bits per heavy atom. The number of anilines is 1. The van der Waals surface area contributed by atoms with E-state index in [0.29, 0.717) is 23.2 Å². The molecule has 1 aliphatic heterocycles. The second kappa shape index (κ2) is 4.97. The summed E-state index contributed by atoms with van der Waals surface area (Å²) in [5.41, 5.74) is 6.73. The molecule has 2 N–H and O–H groups in total. The fourth-order valence-corrected chi connectivity index (χ4v) is 1.86. The van der Waals surface area contributed by atoms with Crippen LogP contribution in [0.25, 0.3) is 5.76 Å². The minimum Gasteiger partial charge on any atom is -0.465 e. The maximum atomic E-state index is 5.78. The first-order valence-corrected chi connectivity index (χ1v) is 6.01. The van der Waals surface area contributed by atoms with Gasteiger partial charge < -0.3 is 15.2 Å². The van der Waals surface area contributed by atoms with Crippen molar-refractivity contribution >= 4 is 11.6 Å². The second-order valence-electron chi connectivity index (χ2n) is 4.17. The quantitative estimate of drug-likeness (QED) is 0.879.